The van der Waals surface area contributed by atoms with Crippen molar-refractivity contribution in [3.63, 3.8) is 0 Å². The van der Waals surface area contributed by atoms with Crippen molar-refractivity contribution in [1.29, 1.82) is 0 Å². The maximum Gasteiger partial charge on any atom is 0.418 e. The smallest absolute Gasteiger partial charge is 0.418 e. The maximum absolute atomic E-state index is 12.5. The maximum atomic E-state index is 12.5. The molecule has 0 aromatic heterocycles. The van der Waals surface area contributed by atoms with E-state index in [0.717, 1.165) is 4.90 Å². The lowest BCUT2D eigenvalue weighted by atomic mass is 10.0. The molecule has 6 atom stereocenters. The van der Waals surface area contributed by atoms with E-state index in [0.29, 0.717) is 62.2 Å². The van der Waals surface area contributed by atoms with Crippen molar-refractivity contribution in [3.8, 4) is 0 Å². The molecule has 0 aromatic rings. The van der Waals surface area contributed by atoms with Gasteiger partial charge in [-0.15, -0.1) is 4.28 Å². The van der Waals surface area contributed by atoms with Crippen LogP contribution < -0.4 is 11.0 Å². The van der Waals surface area contributed by atoms with E-state index in [2.05, 4.69) is 15.2 Å². The van der Waals surface area contributed by atoms with Crippen molar-refractivity contribution in [2.45, 2.75) is 115 Å². The topological polar surface area (TPSA) is 285 Å². The zero-order valence-electron chi connectivity index (χ0n) is 34.5. The highest BCUT2D eigenvalue weighted by atomic mass is 32.3. The molecule has 26 heteroatoms. The van der Waals surface area contributed by atoms with Gasteiger partial charge in [0.15, 0.2) is 0 Å². The Morgan fingerprint density at radius 3 is 1.58 bits per heavy atom. The van der Waals surface area contributed by atoms with E-state index >= 15 is 0 Å². The van der Waals surface area contributed by atoms with Gasteiger partial charge in [-0.25, -0.2) is 35.2 Å². The zero-order valence-corrected chi connectivity index (χ0v) is 35.3. The van der Waals surface area contributed by atoms with Gasteiger partial charge in [-0.2, -0.15) is 13.5 Å². The molecule has 8 amide bonds. The average molecular weight is 881 g/mol. The lowest BCUT2D eigenvalue weighted by Crippen LogP contribution is -2.51. The molecule has 4 bridgehead atoms. The van der Waals surface area contributed by atoms with Gasteiger partial charge in [-0.3, -0.25) is 29.0 Å². The summed E-state index contributed by atoms with van der Waals surface area (Å²) in [5.41, 5.74) is 3.43. The molecule has 60 heavy (non-hydrogen) atoms. The van der Waals surface area contributed by atoms with E-state index in [-0.39, 0.29) is 45.4 Å². The lowest BCUT2D eigenvalue weighted by molar-refractivity contribution is -0.145. The van der Waals surface area contributed by atoms with E-state index in [1.165, 1.54) is 9.80 Å². The molecule has 6 aliphatic rings. The fourth-order valence-corrected chi connectivity index (χ4v) is 7.59. The van der Waals surface area contributed by atoms with Crippen LogP contribution in [-0.2, 0) is 52.9 Å². The number of nitrogens with one attached hydrogen (secondary N) is 2. The standard InChI is InChI=1S/C17H28N4O10S.C17H28N4O7/c1-17(2,3)30-16(24)19-6-7-28-12(9-19)10-29-18-14(22)13-5-4-11-8-20(13)15(23)21(11)31-32(25,26)27;1-17(2,3)28-16(24)19-6-7-26-12(9-19)10-27-18-14(22)13-5-4-11-8-20(13)15(23)21(11)25/h11-13H,4-10H2,1-3H3,(H,18,22)(H,25,26,27);11-13,25H,4-10H2,1-3H3,(H,18,22)/t2*11-,12?,13+/m11/s1. The van der Waals surface area contributed by atoms with Gasteiger partial charge in [0.25, 0.3) is 11.8 Å². The van der Waals surface area contributed by atoms with Crippen LogP contribution in [0.2, 0.25) is 0 Å². The number of ether oxygens (including phenoxy) is 4. The first-order valence-corrected chi connectivity index (χ1v) is 20.9. The molecule has 2 unspecified atom stereocenters. The summed E-state index contributed by atoms with van der Waals surface area (Å²) in [6, 6.07) is -3.82. The van der Waals surface area contributed by atoms with Gasteiger partial charge in [0.1, 0.15) is 48.7 Å². The van der Waals surface area contributed by atoms with Crippen LogP contribution in [0.5, 0.6) is 0 Å². The van der Waals surface area contributed by atoms with Gasteiger partial charge in [-0.1, -0.05) is 0 Å². The Labute approximate surface area is 347 Å². The van der Waals surface area contributed by atoms with Crippen molar-refractivity contribution in [2.75, 3.05) is 65.7 Å². The molecule has 6 saturated heterocycles. The summed E-state index contributed by atoms with van der Waals surface area (Å²) in [4.78, 5) is 89.6. The highest BCUT2D eigenvalue weighted by Crippen LogP contribution is 2.31. The molecular weight excluding hydrogens is 824 g/mol. The first-order chi connectivity index (χ1) is 28.0. The summed E-state index contributed by atoms with van der Waals surface area (Å²) in [7, 11) is -4.86. The summed E-state index contributed by atoms with van der Waals surface area (Å²) in [6.45, 7) is 13.1. The number of nitrogens with zero attached hydrogens (tertiary/aromatic N) is 6. The Bertz CT molecular complexity index is 1710. The number of carbonyl (C=O) groups excluding carboxylic acids is 6. The second-order valence-corrected chi connectivity index (χ2v) is 17.9. The number of urea groups is 2. The number of hydrogen-bond donors (Lipinski definition) is 4. The number of fused-ring (bicyclic) bond motifs is 4. The van der Waals surface area contributed by atoms with E-state index in [1.807, 2.05) is 0 Å². The van der Waals surface area contributed by atoms with Crippen LogP contribution in [0.3, 0.4) is 0 Å². The van der Waals surface area contributed by atoms with Crippen molar-refractivity contribution < 1.29 is 79.9 Å². The molecule has 0 aliphatic carbocycles. The van der Waals surface area contributed by atoms with Gasteiger partial charge in [0.05, 0.1) is 38.4 Å². The Balaban J connectivity index is 0.000000230. The minimum Gasteiger partial charge on any atom is -0.444 e. The molecule has 6 heterocycles. The predicted molar refractivity (Wildman–Crippen MR) is 199 cm³/mol. The van der Waals surface area contributed by atoms with Crippen molar-refractivity contribution in [2.24, 2.45) is 0 Å². The molecule has 25 nitrogen and oxygen atoms in total. The van der Waals surface area contributed by atoms with E-state index < -0.39 is 88.0 Å². The summed E-state index contributed by atoms with van der Waals surface area (Å²) in [6.07, 6.45) is -0.213. The van der Waals surface area contributed by atoms with Crippen LogP contribution in [0.15, 0.2) is 0 Å². The quantitative estimate of drug-likeness (QED) is 0.128. The second kappa shape index (κ2) is 19.2. The minimum atomic E-state index is -4.86. The fraction of sp³-hybridized carbons (Fsp3) is 0.824. The number of rotatable bonds is 10. The molecule has 0 radical (unpaired) electrons. The third-order valence-corrected chi connectivity index (χ3v) is 10.3. The van der Waals surface area contributed by atoms with Gasteiger partial charge < -0.3 is 38.5 Å². The molecule has 0 aromatic carbocycles. The predicted octanol–water partition coefficient (Wildman–Crippen LogP) is 0.00100. The Kier molecular flexibility index (Phi) is 14.9. The number of amides is 8. The van der Waals surface area contributed by atoms with E-state index in [1.54, 1.807) is 46.4 Å². The van der Waals surface area contributed by atoms with Gasteiger partial charge in [-0.05, 0) is 67.2 Å². The summed E-state index contributed by atoms with van der Waals surface area (Å²) >= 11 is 0. The number of morpholine rings is 2. The normalized spacial score (nSPS) is 27.0. The molecule has 6 aliphatic heterocycles. The first kappa shape index (κ1) is 46.8. The van der Waals surface area contributed by atoms with E-state index in [4.69, 9.17) is 33.2 Å². The first-order valence-electron chi connectivity index (χ1n) is 19.6. The average Bonchev–Trinajstić information content (AvgIpc) is 3.52. The van der Waals surface area contributed by atoms with Crippen molar-refractivity contribution >= 4 is 46.5 Å². The monoisotopic (exact) mass is 880 g/mol. The third-order valence-electron chi connectivity index (χ3n) is 9.91. The molecule has 6 fully saturated rings. The molecule has 4 N–H and O–H groups in total. The van der Waals surface area contributed by atoms with Gasteiger partial charge in [0.2, 0.25) is 0 Å². The minimum absolute atomic E-state index is 0.0354. The van der Waals surface area contributed by atoms with Crippen LogP contribution in [0.4, 0.5) is 19.2 Å². The lowest BCUT2D eigenvalue weighted by Gasteiger charge is -2.34. The van der Waals surface area contributed by atoms with Crippen LogP contribution in [0, 0.1) is 0 Å². The van der Waals surface area contributed by atoms with Crippen LogP contribution >= 0.6 is 0 Å². The third kappa shape index (κ3) is 12.6. The van der Waals surface area contributed by atoms with E-state index in [9.17, 15) is 42.4 Å². The Hall–Kier alpha value is -4.31. The molecule has 340 valence electrons. The summed E-state index contributed by atoms with van der Waals surface area (Å²) < 4.78 is 56.8. The molecule has 6 rings (SSSR count). The molecule has 0 saturated carbocycles. The Morgan fingerprint density at radius 2 is 1.13 bits per heavy atom. The number of piperidine rings is 2. The largest absolute Gasteiger partial charge is 0.444 e. The number of hydrogen-bond acceptors (Lipinski definition) is 16. The molecular formula is C34H56N8O17S. The Morgan fingerprint density at radius 1 is 0.700 bits per heavy atom. The fourth-order valence-electron chi connectivity index (χ4n) is 7.20. The highest BCUT2D eigenvalue weighted by molar-refractivity contribution is 7.80. The van der Waals surface area contributed by atoms with Crippen LogP contribution in [0.25, 0.3) is 0 Å². The summed E-state index contributed by atoms with van der Waals surface area (Å²) in [5, 5.41) is 10.9. The second-order valence-electron chi connectivity index (χ2n) is 16.9. The van der Waals surface area contributed by atoms with Crippen molar-refractivity contribution in [1.82, 2.24) is 40.7 Å². The number of hydroxylamine groups is 6. The summed E-state index contributed by atoms with van der Waals surface area (Å²) in [5.74, 6) is -1.03. The highest BCUT2D eigenvalue weighted by Gasteiger charge is 2.50. The van der Waals surface area contributed by atoms with Crippen LogP contribution in [-0.4, -0.2) is 197 Å². The zero-order chi connectivity index (χ0) is 44.2. The van der Waals surface area contributed by atoms with Gasteiger partial charge in [0, 0.05) is 26.2 Å². The van der Waals surface area contributed by atoms with Crippen molar-refractivity contribution in [3.05, 3.63) is 0 Å². The molecule has 0 spiro atoms. The van der Waals surface area contributed by atoms with Gasteiger partial charge >= 0.3 is 34.6 Å². The SMILES string of the molecule is CC(C)(C)OC(=O)N1CCOC(CONC(=O)[C@@H]2CC[C@@H]3CN2C(=O)N3O)C1.CC(C)(C)OC(=O)N1CCOC(CONC(=O)[C@@H]2CC[C@@H]3CN2C(=O)N3OS(=O)(=O)O)C1. The van der Waals surface area contributed by atoms with Crippen LogP contribution in [0.1, 0.15) is 67.2 Å². The number of carbonyl (C=O) groups is 6.